The van der Waals surface area contributed by atoms with E-state index in [2.05, 4.69) is 82.8 Å². The fraction of sp³-hybridized carbons (Fsp3) is 0.350. The predicted molar refractivity (Wildman–Crippen MR) is 92.3 cm³/mol. The number of allylic oxidation sites excluding steroid dienone is 4. The van der Waals surface area contributed by atoms with Crippen LogP contribution < -0.4 is 4.57 Å². The van der Waals surface area contributed by atoms with E-state index in [1.54, 1.807) is 0 Å². The Kier molecular flexibility index (Phi) is 4.62. The minimum Gasteiger partial charge on any atom is -0.201 e. The Morgan fingerprint density at radius 3 is 2.48 bits per heavy atom. The zero-order valence-corrected chi connectivity index (χ0v) is 14.1. The number of nitrogens with zero attached hydrogens (tertiary/aromatic N) is 1. The van der Waals surface area contributed by atoms with Crippen molar-refractivity contribution in [1.82, 2.24) is 0 Å². The van der Waals surface area contributed by atoms with E-state index in [1.165, 1.54) is 38.7 Å². The lowest BCUT2D eigenvalue weighted by atomic mass is 9.96. The lowest BCUT2D eigenvalue weighted by Gasteiger charge is -2.09. The van der Waals surface area contributed by atoms with Gasteiger partial charge in [0.15, 0.2) is 6.20 Å². The van der Waals surface area contributed by atoms with Gasteiger partial charge in [0.25, 0.3) is 0 Å². The third-order valence-electron chi connectivity index (χ3n) is 4.36. The second-order valence-corrected chi connectivity index (χ2v) is 5.96. The molecule has 21 heavy (non-hydrogen) atoms. The maximum absolute atomic E-state index is 2.26. The molecule has 0 aliphatic rings. The number of hydrogen-bond acceptors (Lipinski definition) is 0. The Morgan fingerprint density at radius 2 is 1.81 bits per heavy atom. The molecule has 0 aliphatic heterocycles. The van der Waals surface area contributed by atoms with Gasteiger partial charge in [-0.05, 0) is 56.9 Å². The summed E-state index contributed by atoms with van der Waals surface area (Å²) in [6.07, 6.45) is 7.72. The zero-order chi connectivity index (χ0) is 15.6. The van der Waals surface area contributed by atoms with Crippen LogP contribution >= 0.6 is 0 Å². The standard InChI is InChI=1S/C20H26N/c1-7-14(2)8-9-15(3)18-10-11-19-16(4)12-13-21(6)20(19)17(18)5/h8-13H,7H2,1-6H3/q+1/b14-8?,15-9-. The molecule has 1 nitrogen and oxygen atoms in total. The van der Waals surface area contributed by atoms with Crippen LogP contribution in [-0.4, -0.2) is 0 Å². The first-order chi connectivity index (χ1) is 9.95. The highest BCUT2D eigenvalue weighted by molar-refractivity contribution is 5.87. The fourth-order valence-electron chi connectivity index (χ4n) is 2.76. The molecule has 0 spiro atoms. The molecule has 1 aromatic heterocycles. The van der Waals surface area contributed by atoms with Crippen molar-refractivity contribution < 1.29 is 4.57 Å². The molecule has 0 saturated heterocycles. The zero-order valence-electron chi connectivity index (χ0n) is 14.1. The van der Waals surface area contributed by atoms with E-state index in [1.807, 2.05) is 0 Å². The Balaban J connectivity index is 2.62. The van der Waals surface area contributed by atoms with Gasteiger partial charge in [0, 0.05) is 17.0 Å². The number of benzene rings is 1. The van der Waals surface area contributed by atoms with Crippen LogP contribution in [0.3, 0.4) is 0 Å². The summed E-state index contributed by atoms with van der Waals surface area (Å²) in [5, 5.41) is 1.34. The van der Waals surface area contributed by atoms with Crippen LogP contribution in [0, 0.1) is 13.8 Å². The number of fused-ring (bicyclic) bond motifs is 1. The molecule has 0 radical (unpaired) electrons. The summed E-state index contributed by atoms with van der Waals surface area (Å²) in [6, 6.07) is 6.68. The average molecular weight is 280 g/mol. The minimum absolute atomic E-state index is 1.11. The maximum atomic E-state index is 2.26. The Hall–Kier alpha value is -1.89. The molecule has 2 aromatic rings. The molecule has 1 heterocycles. The van der Waals surface area contributed by atoms with Crippen molar-refractivity contribution in [3.05, 3.63) is 58.8 Å². The summed E-state index contributed by atoms with van der Waals surface area (Å²) in [7, 11) is 2.12. The van der Waals surface area contributed by atoms with Gasteiger partial charge in [-0.1, -0.05) is 30.7 Å². The summed E-state index contributed by atoms with van der Waals surface area (Å²) in [5.41, 5.74) is 8.09. The van der Waals surface area contributed by atoms with Crippen LogP contribution in [0.2, 0.25) is 0 Å². The summed E-state index contributed by atoms with van der Waals surface area (Å²) >= 11 is 0. The second-order valence-electron chi connectivity index (χ2n) is 5.96. The van der Waals surface area contributed by atoms with Crippen molar-refractivity contribution in [1.29, 1.82) is 0 Å². The number of pyridine rings is 1. The van der Waals surface area contributed by atoms with Crippen LogP contribution in [0.4, 0.5) is 0 Å². The normalized spacial score (nSPS) is 13.0. The number of rotatable bonds is 3. The molecule has 2 rings (SSSR count). The summed E-state index contributed by atoms with van der Waals surface area (Å²) in [4.78, 5) is 0. The predicted octanol–water partition coefficient (Wildman–Crippen LogP) is 5.04. The molecule has 0 saturated carbocycles. The molecule has 1 heteroatoms. The highest BCUT2D eigenvalue weighted by Gasteiger charge is 2.14. The van der Waals surface area contributed by atoms with Crippen LogP contribution in [0.15, 0.2) is 42.1 Å². The van der Waals surface area contributed by atoms with Gasteiger partial charge in [-0.2, -0.15) is 0 Å². The SMILES string of the molecule is CCC(C)=C/C=C(/C)c1ccc2c(C)cc[n+](C)c2c1C. The topological polar surface area (TPSA) is 3.88 Å². The molecule has 0 amide bonds. The molecule has 0 fully saturated rings. The smallest absolute Gasteiger partial charge is 0.201 e. The van der Waals surface area contributed by atoms with Gasteiger partial charge >= 0.3 is 0 Å². The highest BCUT2D eigenvalue weighted by atomic mass is 14.9. The molecule has 0 bridgehead atoms. The van der Waals surface area contributed by atoms with Gasteiger partial charge in [-0.25, -0.2) is 4.57 Å². The molecule has 0 unspecified atom stereocenters. The van der Waals surface area contributed by atoms with Crippen molar-refractivity contribution in [2.45, 2.75) is 41.0 Å². The van der Waals surface area contributed by atoms with Crippen molar-refractivity contribution in [3.63, 3.8) is 0 Å². The van der Waals surface area contributed by atoms with Crippen molar-refractivity contribution in [2.75, 3.05) is 0 Å². The number of aryl methyl sites for hydroxylation is 3. The van der Waals surface area contributed by atoms with E-state index in [-0.39, 0.29) is 0 Å². The van der Waals surface area contributed by atoms with Crippen LogP contribution in [-0.2, 0) is 7.05 Å². The van der Waals surface area contributed by atoms with Crippen molar-refractivity contribution in [3.8, 4) is 0 Å². The minimum atomic E-state index is 1.11. The quantitative estimate of drug-likeness (QED) is 0.548. The molecule has 110 valence electrons. The van der Waals surface area contributed by atoms with Gasteiger partial charge in [0.05, 0.1) is 0 Å². The van der Waals surface area contributed by atoms with E-state index < -0.39 is 0 Å². The van der Waals surface area contributed by atoms with Crippen molar-refractivity contribution >= 4 is 16.5 Å². The third kappa shape index (κ3) is 3.07. The van der Waals surface area contributed by atoms with E-state index in [4.69, 9.17) is 0 Å². The van der Waals surface area contributed by atoms with Gasteiger partial charge in [0.1, 0.15) is 7.05 Å². The van der Waals surface area contributed by atoms with Crippen LogP contribution in [0.25, 0.3) is 16.5 Å². The van der Waals surface area contributed by atoms with Gasteiger partial charge in [0.2, 0.25) is 5.52 Å². The van der Waals surface area contributed by atoms with Crippen LogP contribution in [0.5, 0.6) is 0 Å². The lowest BCUT2D eigenvalue weighted by molar-refractivity contribution is -0.645. The molecule has 0 aliphatic carbocycles. The van der Waals surface area contributed by atoms with Gasteiger partial charge < -0.3 is 0 Å². The third-order valence-corrected chi connectivity index (χ3v) is 4.36. The number of aromatic nitrogens is 1. The van der Waals surface area contributed by atoms with Crippen LogP contribution in [0.1, 0.15) is 43.9 Å². The average Bonchev–Trinajstić information content (AvgIpc) is 2.48. The lowest BCUT2D eigenvalue weighted by Crippen LogP contribution is -2.29. The molecular weight excluding hydrogens is 254 g/mol. The highest BCUT2D eigenvalue weighted by Crippen LogP contribution is 2.26. The monoisotopic (exact) mass is 280 g/mol. The second kappa shape index (κ2) is 6.26. The number of hydrogen-bond donors (Lipinski definition) is 0. The maximum Gasteiger partial charge on any atom is 0.216 e. The van der Waals surface area contributed by atoms with E-state index in [0.29, 0.717) is 0 Å². The van der Waals surface area contributed by atoms with Gasteiger partial charge in [-0.15, -0.1) is 0 Å². The summed E-state index contributed by atoms with van der Waals surface area (Å²) in [6.45, 7) is 11.0. The van der Waals surface area contributed by atoms with E-state index in [9.17, 15) is 0 Å². The first-order valence-corrected chi connectivity index (χ1v) is 7.68. The first-order valence-electron chi connectivity index (χ1n) is 7.68. The Labute approximate surface area is 128 Å². The molecule has 0 N–H and O–H groups in total. The van der Waals surface area contributed by atoms with Gasteiger partial charge in [-0.3, -0.25) is 0 Å². The van der Waals surface area contributed by atoms with E-state index in [0.717, 1.165) is 6.42 Å². The largest absolute Gasteiger partial charge is 0.216 e. The Morgan fingerprint density at radius 1 is 1.10 bits per heavy atom. The fourth-order valence-corrected chi connectivity index (χ4v) is 2.76. The summed E-state index contributed by atoms with van der Waals surface area (Å²) in [5.74, 6) is 0. The molecule has 1 aromatic carbocycles. The summed E-state index contributed by atoms with van der Waals surface area (Å²) < 4.78 is 2.22. The van der Waals surface area contributed by atoms with E-state index >= 15 is 0 Å². The van der Waals surface area contributed by atoms with Crippen molar-refractivity contribution in [2.24, 2.45) is 7.05 Å². The first kappa shape index (κ1) is 15.5. The Bertz CT molecular complexity index is 733. The molecule has 0 atom stereocenters. The molecular formula is C20H26N+.